The number of aryl methyl sites for hydroxylation is 1. The third-order valence-electron chi connectivity index (χ3n) is 4.73. The number of imidazole rings is 1. The Labute approximate surface area is 135 Å². The van der Waals surface area contributed by atoms with Crippen molar-refractivity contribution in [2.45, 2.75) is 44.9 Å². The molecule has 0 spiro atoms. The summed E-state index contributed by atoms with van der Waals surface area (Å²) in [5, 5.41) is 4.45. The van der Waals surface area contributed by atoms with E-state index in [0.29, 0.717) is 11.9 Å². The van der Waals surface area contributed by atoms with Crippen molar-refractivity contribution in [1.82, 2.24) is 19.6 Å². The zero-order chi connectivity index (χ0) is 15.8. The number of aromatic nitrogens is 4. The fraction of sp³-hybridized carbons (Fsp3) is 0.389. The number of anilines is 1. The molecule has 5 heteroatoms. The predicted octanol–water partition coefficient (Wildman–Crippen LogP) is 3.73. The molecular formula is C18H21N5. The first-order valence-electron chi connectivity index (χ1n) is 8.32. The molecule has 0 atom stereocenters. The lowest BCUT2D eigenvalue weighted by atomic mass is 9.86. The summed E-state index contributed by atoms with van der Waals surface area (Å²) in [6.45, 7) is 2.04. The molecule has 118 valence electrons. The van der Waals surface area contributed by atoms with Crippen LogP contribution in [0, 0.1) is 6.92 Å². The van der Waals surface area contributed by atoms with Crippen LogP contribution in [0.25, 0.3) is 16.9 Å². The van der Waals surface area contributed by atoms with Crippen LogP contribution in [-0.4, -0.2) is 19.6 Å². The molecule has 0 aliphatic heterocycles. The minimum Gasteiger partial charge on any atom is -0.367 e. The van der Waals surface area contributed by atoms with E-state index in [-0.39, 0.29) is 0 Å². The maximum atomic E-state index is 6.02. The SMILES string of the molecule is Cc1nc(-c2ccccc2)n2nc(N)nc(C3CCCCC3)c12. The molecule has 23 heavy (non-hydrogen) atoms. The summed E-state index contributed by atoms with van der Waals surface area (Å²) < 4.78 is 1.89. The Balaban J connectivity index is 1.94. The van der Waals surface area contributed by atoms with Crippen molar-refractivity contribution in [3.8, 4) is 11.4 Å². The topological polar surface area (TPSA) is 69.1 Å². The first-order chi connectivity index (χ1) is 11.2. The van der Waals surface area contributed by atoms with Crippen LogP contribution in [0.1, 0.15) is 49.4 Å². The fourth-order valence-corrected chi connectivity index (χ4v) is 3.65. The van der Waals surface area contributed by atoms with Crippen molar-refractivity contribution in [3.05, 3.63) is 41.7 Å². The van der Waals surface area contributed by atoms with E-state index in [2.05, 4.69) is 10.1 Å². The summed E-state index contributed by atoms with van der Waals surface area (Å²) in [5.74, 6) is 1.63. The number of fused-ring (bicyclic) bond motifs is 1. The molecule has 0 amide bonds. The molecule has 2 aromatic heterocycles. The highest BCUT2D eigenvalue weighted by atomic mass is 15.3. The quantitative estimate of drug-likeness (QED) is 0.783. The van der Waals surface area contributed by atoms with Crippen molar-refractivity contribution < 1.29 is 0 Å². The summed E-state index contributed by atoms with van der Waals surface area (Å²) in [6.07, 6.45) is 6.20. The smallest absolute Gasteiger partial charge is 0.238 e. The van der Waals surface area contributed by atoms with Gasteiger partial charge in [-0.3, -0.25) is 0 Å². The van der Waals surface area contributed by atoms with Gasteiger partial charge in [0.05, 0.1) is 11.4 Å². The number of nitrogens with two attached hydrogens (primary N) is 1. The van der Waals surface area contributed by atoms with Crippen molar-refractivity contribution in [2.24, 2.45) is 0 Å². The second kappa shape index (κ2) is 5.65. The van der Waals surface area contributed by atoms with Crippen LogP contribution in [-0.2, 0) is 0 Å². The van der Waals surface area contributed by atoms with E-state index in [9.17, 15) is 0 Å². The third kappa shape index (κ3) is 2.46. The Morgan fingerprint density at radius 3 is 2.52 bits per heavy atom. The Morgan fingerprint density at radius 2 is 1.78 bits per heavy atom. The molecule has 0 saturated heterocycles. The molecule has 0 unspecified atom stereocenters. The van der Waals surface area contributed by atoms with Crippen LogP contribution in [0.15, 0.2) is 30.3 Å². The monoisotopic (exact) mass is 307 g/mol. The number of hydrogen-bond donors (Lipinski definition) is 1. The van der Waals surface area contributed by atoms with Gasteiger partial charge >= 0.3 is 0 Å². The van der Waals surface area contributed by atoms with E-state index in [1.165, 1.54) is 32.1 Å². The van der Waals surface area contributed by atoms with Crippen molar-refractivity contribution in [2.75, 3.05) is 5.73 Å². The van der Waals surface area contributed by atoms with Gasteiger partial charge in [0, 0.05) is 11.5 Å². The van der Waals surface area contributed by atoms with Crippen LogP contribution in [0.5, 0.6) is 0 Å². The lowest BCUT2D eigenvalue weighted by Crippen LogP contribution is -2.12. The van der Waals surface area contributed by atoms with Crippen LogP contribution in [0.3, 0.4) is 0 Å². The average Bonchev–Trinajstić information content (AvgIpc) is 2.92. The lowest BCUT2D eigenvalue weighted by molar-refractivity contribution is 0.437. The lowest BCUT2D eigenvalue weighted by Gasteiger charge is -2.22. The van der Waals surface area contributed by atoms with Gasteiger partial charge in [-0.05, 0) is 19.8 Å². The number of hydrogen-bond acceptors (Lipinski definition) is 4. The Morgan fingerprint density at radius 1 is 1.04 bits per heavy atom. The molecule has 1 fully saturated rings. The Hall–Kier alpha value is -2.43. The molecule has 5 nitrogen and oxygen atoms in total. The standard InChI is InChI=1S/C18H21N5/c1-12-16-15(13-8-4-2-5-9-13)21-18(19)22-23(16)17(20-12)14-10-6-3-7-11-14/h3,6-7,10-11,13H,2,4-5,8-9H2,1H3,(H2,19,22). The summed E-state index contributed by atoms with van der Waals surface area (Å²) in [7, 11) is 0. The van der Waals surface area contributed by atoms with Crippen molar-refractivity contribution in [3.63, 3.8) is 0 Å². The van der Waals surface area contributed by atoms with Gasteiger partial charge in [-0.25, -0.2) is 14.5 Å². The van der Waals surface area contributed by atoms with Gasteiger partial charge in [0.1, 0.15) is 5.52 Å². The normalized spacial score (nSPS) is 16.0. The maximum Gasteiger partial charge on any atom is 0.238 e. The molecule has 1 aromatic carbocycles. The van der Waals surface area contributed by atoms with E-state index in [4.69, 9.17) is 10.7 Å². The number of nitrogens with zero attached hydrogens (tertiary/aromatic N) is 4. The Bertz CT molecular complexity index is 831. The predicted molar refractivity (Wildman–Crippen MR) is 91.2 cm³/mol. The minimum absolute atomic E-state index is 0.327. The first-order valence-corrected chi connectivity index (χ1v) is 8.32. The van der Waals surface area contributed by atoms with E-state index >= 15 is 0 Å². The molecular weight excluding hydrogens is 286 g/mol. The molecule has 1 aliphatic rings. The number of benzene rings is 1. The molecule has 2 heterocycles. The van der Waals surface area contributed by atoms with Gasteiger partial charge in [-0.2, -0.15) is 0 Å². The summed E-state index contributed by atoms with van der Waals surface area (Å²) in [4.78, 5) is 9.36. The van der Waals surface area contributed by atoms with E-state index in [1.807, 2.05) is 41.8 Å². The van der Waals surface area contributed by atoms with Gasteiger partial charge in [0.25, 0.3) is 0 Å². The van der Waals surface area contributed by atoms with Gasteiger partial charge in [0.2, 0.25) is 5.95 Å². The van der Waals surface area contributed by atoms with E-state index in [1.54, 1.807) is 0 Å². The highest BCUT2D eigenvalue weighted by Crippen LogP contribution is 2.35. The number of rotatable bonds is 2. The molecule has 1 aliphatic carbocycles. The van der Waals surface area contributed by atoms with Crippen LogP contribution in [0.4, 0.5) is 5.95 Å². The highest BCUT2D eigenvalue weighted by Gasteiger charge is 2.24. The van der Waals surface area contributed by atoms with Gasteiger partial charge in [0.15, 0.2) is 5.82 Å². The average molecular weight is 307 g/mol. The van der Waals surface area contributed by atoms with Crippen LogP contribution < -0.4 is 5.73 Å². The van der Waals surface area contributed by atoms with Gasteiger partial charge in [-0.1, -0.05) is 49.6 Å². The zero-order valence-corrected chi connectivity index (χ0v) is 13.4. The third-order valence-corrected chi connectivity index (χ3v) is 4.73. The van der Waals surface area contributed by atoms with Crippen molar-refractivity contribution in [1.29, 1.82) is 0 Å². The molecule has 0 bridgehead atoms. The molecule has 2 N–H and O–H groups in total. The fourth-order valence-electron chi connectivity index (χ4n) is 3.65. The molecule has 0 radical (unpaired) electrons. The second-order valence-electron chi connectivity index (χ2n) is 6.34. The number of nitrogen functional groups attached to an aromatic ring is 1. The minimum atomic E-state index is 0.327. The van der Waals surface area contributed by atoms with E-state index < -0.39 is 0 Å². The largest absolute Gasteiger partial charge is 0.367 e. The van der Waals surface area contributed by atoms with Crippen LogP contribution >= 0.6 is 0 Å². The Kier molecular flexibility index (Phi) is 3.48. The molecule has 1 saturated carbocycles. The molecule has 3 aromatic rings. The van der Waals surface area contributed by atoms with E-state index in [0.717, 1.165) is 28.3 Å². The van der Waals surface area contributed by atoms with Crippen molar-refractivity contribution >= 4 is 11.5 Å². The highest BCUT2D eigenvalue weighted by molar-refractivity contribution is 5.67. The summed E-state index contributed by atoms with van der Waals surface area (Å²) in [6, 6.07) is 10.1. The van der Waals surface area contributed by atoms with Gasteiger partial charge < -0.3 is 5.73 Å². The summed E-state index contributed by atoms with van der Waals surface area (Å²) in [5.41, 5.74) is 10.1. The van der Waals surface area contributed by atoms with Gasteiger partial charge in [-0.15, -0.1) is 5.10 Å². The van der Waals surface area contributed by atoms with Crippen LogP contribution in [0.2, 0.25) is 0 Å². The summed E-state index contributed by atoms with van der Waals surface area (Å²) >= 11 is 0. The zero-order valence-electron chi connectivity index (χ0n) is 13.4. The first kappa shape index (κ1) is 14.2. The molecule has 4 rings (SSSR count). The second-order valence-corrected chi connectivity index (χ2v) is 6.34. The maximum absolute atomic E-state index is 6.02.